The highest BCUT2D eigenvalue weighted by atomic mass is 32.1. The summed E-state index contributed by atoms with van der Waals surface area (Å²) in [4.78, 5) is 3.13. The molecule has 25 heavy (non-hydrogen) atoms. The number of hydrogen-bond donors (Lipinski definition) is 4. The molecular formula is C20H24N2O2S. The molecule has 3 rings (SSSR count). The third-order valence-corrected chi connectivity index (χ3v) is 5.29. The minimum absolute atomic E-state index is 0.113. The molecule has 4 N–H and O–H groups in total. The van der Waals surface area contributed by atoms with Crippen molar-refractivity contribution in [3.05, 3.63) is 82.3 Å². The largest absolute Gasteiger partial charge is 0.387 e. The molecule has 0 saturated carbocycles. The minimum Gasteiger partial charge on any atom is -0.387 e. The third-order valence-electron chi connectivity index (χ3n) is 4.61. The molecule has 0 bridgehead atoms. The average Bonchev–Trinajstić information content (AvgIpc) is 3.35. The monoisotopic (exact) mass is 356 g/mol. The summed E-state index contributed by atoms with van der Waals surface area (Å²) < 4.78 is 0. The Morgan fingerprint density at radius 3 is 2.60 bits per heavy atom. The van der Waals surface area contributed by atoms with Gasteiger partial charge in [-0.15, -0.1) is 0 Å². The number of aromatic nitrogens is 1. The first-order valence-electron chi connectivity index (χ1n) is 8.46. The first kappa shape index (κ1) is 17.9. The fraction of sp³-hybridized carbons (Fsp3) is 0.300. The quantitative estimate of drug-likeness (QED) is 0.500. The molecular weight excluding hydrogens is 332 g/mol. The van der Waals surface area contributed by atoms with Crippen LogP contribution in [0.5, 0.6) is 0 Å². The smallest absolute Gasteiger partial charge is 0.131 e. The maximum atomic E-state index is 11.3. The van der Waals surface area contributed by atoms with Gasteiger partial charge in [-0.05, 0) is 54.4 Å². The summed E-state index contributed by atoms with van der Waals surface area (Å²) >= 11 is 1.57. The molecule has 2 heterocycles. The van der Waals surface area contributed by atoms with Crippen LogP contribution in [0.15, 0.2) is 65.5 Å². The minimum atomic E-state index is -1.06. The molecule has 0 aliphatic carbocycles. The zero-order valence-corrected chi connectivity index (χ0v) is 15.0. The lowest BCUT2D eigenvalue weighted by molar-refractivity contribution is 0.0631. The number of aliphatic hydroxyl groups is 2. The molecule has 0 fully saturated rings. The van der Waals surface area contributed by atoms with Gasteiger partial charge in [0.05, 0.1) is 11.8 Å². The van der Waals surface area contributed by atoms with Crippen LogP contribution in [0.4, 0.5) is 0 Å². The highest BCUT2D eigenvalue weighted by Gasteiger charge is 2.32. The van der Waals surface area contributed by atoms with Crippen molar-refractivity contribution in [3.8, 4) is 0 Å². The second kappa shape index (κ2) is 7.97. The van der Waals surface area contributed by atoms with E-state index in [1.54, 1.807) is 11.3 Å². The molecule has 0 radical (unpaired) electrons. The highest BCUT2D eigenvalue weighted by molar-refractivity contribution is 7.08. The van der Waals surface area contributed by atoms with E-state index in [1.165, 1.54) is 0 Å². The van der Waals surface area contributed by atoms with Gasteiger partial charge in [0.15, 0.2) is 0 Å². The fourth-order valence-corrected chi connectivity index (χ4v) is 3.78. The van der Waals surface area contributed by atoms with E-state index in [2.05, 4.69) is 10.3 Å². The fourth-order valence-electron chi connectivity index (χ4n) is 3.05. The molecule has 0 spiro atoms. The Bertz CT molecular complexity index is 707. The summed E-state index contributed by atoms with van der Waals surface area (Å²) in [7, 11) is 0. The second-order valence-electron chi connectivity index (χ2n) is 6.30. The van der Waals surface area contributed by atoms with Gasteiger partial charge in [0, 0.05) is 17.8 Å². The Labute approximate surface area is 152 Å². The van der Waals surface area contributed by atoms with Crippen LogP contribution in [0.1, 0.15) is 36.3 Å². The summed E-state index contributed by atoms with van der Waals surface area (Å²) in [6.07, 6.45) is 1.75. The van der Waals surface area contributed by atoms with Gasteiger partial charge >= 0.3 is 0 Å². The molecule has 5 heteroatoms. The average molecular weight is 356 g/mol. The van der Waals surface area contributed by atoms with Crippen LogP contribution in [-0.4, -0.2) is 27.8 Å². The van der Waals surface area contributed by atoms with Crippen molar-refractivity contribution in [3.63, 3.8) is 0 Å². The lowest BCUT2D eigenvalue weighted by Crippen LogP contribution is -2.37. The molecule has 0 aliphatic heterocycles. The van der Waals surface area contributed by atoms with E-state index in [0.717, 1.165) is 16.8 Å². The van der Waals surface area contributed by atoms with Crippen molar-refractivity contribution >= 4 is 11.3 Å². The van der Waals surface area contributed by atoms with Crippen LogP contribution in [-0.2, 0) is 5.60 Å². The van der Waals surface area contributed by atoms with Crippen LogP contribution in [0.25, 0.3) is 0 Å². The molecule has 4 nitrogen and oxygen atoms in total. The van der Waals surface area contributed by atoms with Gasteiger partial charge in [-0.25, -0.2) is 0 Å². The topological polar surface area (TPSA) is 68.3 Å². The van der Waals surface area contributed by atoms with Crippen molar-refractivity contribution in [1.29, 1.82) is 0 Å². The van der Waals surface area contributed by atoms with E-state index in [-0.39, 0.29) is 6.04 Å². The van der Waals surface area contributed by atoms with E-state index in [0.29, 0.717) is 13.0 Å². The lowest BCUT2D eigenvalue weighted by Gasteiger charge is -2.28. The zero-order chi connectivity index (χ0) is 17.7. The number of hydrogen-bond acceptors (Lipinski definition) is 4. The summed E-state index contributed by atoms with van der Waals surface area (Å²) in [5.41, 5.74) is 1.50. The number of rotatable bonds is 8. The molecule has 3 atom stereocenters. The van der Waals surface area contributed by atoms with Crippen LogP contribution in [0.2, 0.25) is 0 Å². The molecule has 132 valence electrons. The van der Waals surface area contributed by atoms with Crippen LogP contribution >= 0.6 is 11.3 Å². The zero-order valence-electron chi connectivity index (χ0n) is 14.2. The SMILES string of the molecule is CC(NCCC(O)(c1ccsc1)c1ccc[nH]1)C(O)c1ccccc1. The third kappa shape index (κ3) is 4.02. The number of aliphatic hydroxyl groups excluding tert-OH is 1. The van der Waals surface area contributed by atoms with Gasteiger partial charge in [-0.1, -0.05) is 30.3 Å². The number of benzene rings is 1. The van der Waals surface area contributed by atoms with Gasteiger partial charge in [-0.3, -0.25) is 0 Å². The maximum Gasteiger partial charge on any atom is 0.131 e. The summed E-state index contributed by atoms with van der Waals surface area (Å²) in [6, 6.07) is 15.3. The molecule has 0 saturated heterocycles. The maximum absolute atomic E-state index is 11.3. The van der Waals surface area contributed by atoms with Crippen molar-refractivity contribution in [2.75, 3.05) is 6.54 Å². The molecule has 3 unspecified atom stereocenters. The Hall–Kier alpha value is -1.92. The van der Waals surface area contributed by atoms with Crippen LogP contribution < -0.4 is 5.32 Å². The Morgan fingerprint density at radius 2 is 1.96 bits per heavy atom. The Balaban J connectivity index is 1.64. The van der Waals surface area contributed by atoms with Crippen molar-refractivity contribution in [1.82, 2.24) is 10.3 Å². The molecule has 0 aliphatic rings. The molecule has 2 aromatic heterocycles. The molecule has 1 aromatic carbocycles. The van der Waals surface area contributed by atoms with Crippen LogP contribution in [0, 0.1) is 0 Å². The van der Waals surface area contributed by atoms with E-state index in [9.17, 15) is 10.2 Å². The molecule has 3 aromatic rings. The first-order valence-corrected chi connectivity index (χ1v) is 9.41. The van der Waals surface area contributed by atoms with E-state index in [4.69, 9.17) is 0 Å². The first-order chi connectivity index (χ1) is 12.1. The Morgan fingerprint density at radius 1 is 1.16 bits per heavy atom. The van der Waals surface area contributed by atoms with Gasteiger partial charge in [-0.2, -0.15) is 11.3 Å². The normalized spacial score (nSPS) is 16.3. The molecule has 0 amide bonds. The van der Waals surface area contributed by atoms with Crippen molar-refractivity contribution < 1.29 is 10.2 Å². The standard InChI is InChI=1S/C20H24N2O2S/c1-15(19(23)16-6-3-2-4-7-16)21-12-10-20(24,17-9-13-25-14-17)18-8-5-11-22-18/h2-9,11,13-15,19,21-24H,10,12H2,1H3. The van der Waals surface area contributed by atoms with Gasteiger partial charge in [0.2, 0.25) is 0 Å². The number of thiophene rings is 1. The van der Waals surface area contributed by atoms with Gasteiger partial charge in [0.1, 0.15) is 5.60 Å². The summed E-state index contributed by atoms with van der Waals surface area (Å²) in [5.74, 6) is 0. The van der Waals surface area contributed by atoms with E-state index in [1.807, 2.05) is 72.4 Å². The predicted octanol–water partition coefficient (Wildman–Crippen LogP) is 3.41. The van der Waals surface area contributed by atoms with Crippen molar-refractivity contribution in [2.24, 2.45) is 0 Å². The number of aromatic amines is 1. The summed E-state index contributed by atoms with van der Waals surface area (Å²) in [5, 5.41) is 29.0. The lowest BCUT2D eigenvalue weighted by atomic mass is 9.89. The highest BCUT2D eigenvalue weighted by Crippen LogP contribution is 2.33. The van der Waals surface area contributed by atoms with Crippen molar-refractivity contribution in [2.45, 2.75) is 31.1 Å². The second-order valence-corrected chi connectivity index (χ2v) is 7.08. The van der Waals surface area contributed by atoms with Crippen LogP contribution in [0.3, 0.4) is 0 Å². The van der Waals surface area contributed by atoms with Gasteiger partial charge < -0.3 is 20.5 Å². The Kier molecular flexibility index (Phi) is 5.71. The number of H-pyrrole nitrogens is 1. The predicted molar refractivity (Wildman–Crippen MR) is 102 cm³/mol. The van der Waals surface area contributed by atoms with E-state index < -0.39 is 11.7 Å². The van der Waals surface area contributed by atoms with E-state index >= 15 is 0 Å². The summed E-state index contributed by atoms with van der Waals surface area (Å²) in [6.45, 7) is 2.53. The van der Waals surface area contributed by atoms with Gasteiger partial charge in [0.25, 0.3) is 0 Å². The number of nitrogens with one attached hydrogen (secondary N) is 2.